The number of aromatic nitrogens is 3. The first-order chi connectivity index (χ1) is 9.66. The van der Waals surface area contributed by atoms with Gasteiger partial charge in [0.1, 0.15) is 0 Å². The van der Waals surface area contributed by atoms with Crippen molar-refractivity contribution in [3.8, 4) is 5.69 Å². The maximum atomic E-state index is 12.2. The highest BCUT2D eigenvalue weighted by molar-refractivity contribution is 5.92. The first-order valence-corrected chi connectivity index (χ1v) is 6.67. The van der Waals surface area contributed by atoms with E-state index >= 15 is 0 Å². The molecule has 1 aliphatic rings. The molecule has 1 aromatic carbocycles. The van der Waals surface area contributed by atoms with Crippen LogP contribution in [0.2, 0.25) is 0 Å². The maximum absolute atomic E-state index is 12.2. The molecule has 1 amide bonds. The first kappa shape index (κ1) is 12.8. The molecule has 0 saturated carbocycles. The summed E-state index contributed by atoms with van der Waals surface area (Å²) in [5.74, 6) is -0.182. The Bertz CT molecular complexity index is 601. The van der Waals surface area contributed by atoms with Gasteiger partial charge in [0, 0.05) is 6.54 Å². The Morgan fingerprint density at radius 2 is 2.20 bits per heavy atom. The van der Waals surface area contributed by atoms with Gasteiger partial charge in [-0.3, -0.25) is 4.79 Å². The number of carbonyl (C=O) groups is 1. The lowest BCUT2D eigenvalue weighted by atomic mass is 10.0. The molecule has 1 fully saturated rings. The van der Waals surface area contributed by atoms with Gasteiger partial charge in [0.05, 0.1) is 17.4 Å². The van der Waals surface area contributed by atoms with Crippen molar-refractivity contribution < 1.29 is 4.79 Å². The van der Waals surface area contributed by atoms with Crippen LogP contribution in [0, 0.1) is 0 Å². The Labute approximate surface area is 117 Å². The standard InChI is InChI=1S/C14H17N5O/c1-14(7-8-15-10-14)17-13(20)12-9-16-19(18-12)11-5-3-2-4-6-11/h2-6,9,15H,7-8,10H2,1H3,(H,17,20). The first-order valence-electron chi connectivity index (χ1n) is 6.67. The molecule has 1 atom stereocenters. The third-order valence-corrected chi connectivity index (χ3v) is 3.50. The third kappa shape index (κ3) is 2.55. The summed E-state index contributed by atoms with van der Waals surface area (Å²) in [5, 5.41) is 14.6. The summed E-state index contributed by atoms with van der Waals surface area (Å²) in [6, 6.07) is 9.52. The van der Waals surface area contributed by atoms with Crippen molar-refractivity contribution in [2.24, 2.45) is 0 Å². The van der Waals surface area contributed by atoms with E-state index in [2.05, 4.69) is 20.8 Å². The van der Waals surface area contributed by atoms with Crippen molar-refractivity contribution in [1.29, 1.82) is 0 Å². The van der Waals surface area contributed by atoms with Crippen molar-refractivity contribution in [2.75, 3.05) is 13.1 Å². The monoisotopic (exact) mass is 271 g/mol. The summed E-state index contributed by atoms with van der Waals surface area (Å²) in [4.78, 5) is 13.7. The van der Waals surface area contributed by atoms with E-state index in [1.807, 2.05) is 37.3 Å². The molecule has 6 nitrogen and oxygen atoms in total. The normalized spacial score (nSPS) is 21.9. The smallest absolute Gasteiger partial charge is 0.273 e. The second kappa shape index (κ2) is 5.05. The van der Waals surface area contributed by atoms with Gasteiger partial charge < -0.3 is 10.6 Å². The second-order valence-electron chi connectivity index (χ2n) is 5.30. The van der Waals surface area contributed by atoms with Crippen molar-refractivity contribution in [3.63, 3.8) is 0 Å². The van der Waals surface area contributed by atoms with Crippen LogP contribution < -0.4 is 10.6 Å². The molecule has 0 aliphatic carbocycles. The Morgan fingerprint density at radius 3 is 2.90 bits per heavy atom. The van der Waals surface area contributed by atoms with Crippen LogP contribution in [0.5, 0.6) is 0 Å². The van der Waals surface area contributed by atoms with Gasteiger partial charge in [-0.2, -0.15) is 9.90 Å². The van der Waals surface area contributed by atoms with Crippen molar-refractivity contribution in [3.05, 3.63) is 42.2 Å². The minimum absolute atomic E-state index is 0.182. The lowest BCUT2D eigenvalue weighted by molar-refractivity contribution is 0.0907. The fourth-order valence-corrected chi connectivity index (χ4v) is 2.31. The molecule has 6 heteroatoms. The minimum Gasteiger partial charge on any atom is -0.344 e. The SMILES string of the molecule is CC1(NC(=O)c2cnn(-c3ccccc3)n2)CCNC1. The van der Waals surface area contributed by atoms with Crippen LogP contribution in [0.1, 0.15) is 23.8 Å². The van der Waals surface area contributed by atoms with E-state index in [1.165, 1.54) is 11.0 Å². The Kier molecular flexibility index (Phi) is 3.23. The zero-order valence-corrected chi connectivity index (χ0v) is 11.3. The van der Waals surface area contributed by atoms with Crippen LogP contribution in [0.3, 0.4) is 0 Å². The highest BCUT2D eigenvalue weighted by Crippen LogP contribution is 2.14. The van der Waals surface area contributed by atoms with Gasteiger partial charge >= 0.3 is 0 Å². The van der Waals surface area contributed by atoms with Crippen molar-refractivity contribution in [2.45, 2.75) is 18.9 Å². The van der Waals surface area contributed by atoms with E-state index in [4.69, 9.17) is 0 Å². The molecule has 0 spiro atoms. The van der Waals surface area contributed by atoms with E-state index < -0.39 is 0 Å². The summed E-state index contributed by atoms with van der Waals surface area (Å²) in [6.45, 7) is 3.74. The number of rotatable bonds is 3. The summed E-state index contributed by atoms with van der Waals surface area (Å²) in [7, 11) is 0. The molecule has 3 rings (SSSR count). The summed E-state index contributed by atoms with van der Waals surface area (Å²) >= 11 is 0. The predicted molar refractivity (Wildman–Crippen MR) is 74.7 cm³/mol. The number of benzene rings is 1. The lowest BCUT2D eigenvalue weighted by Crippen LogP contribution is -2.47. The van der Waals surface area contributed by atoms with Crippen LogP contribution in [0.4, 0.5) is 0 Å². The van der Waals surface area contributed by atoms with Gasteiger partial charge in [-0.25, -0.2) is 0 Å². The van der Waals surface area contributed by atoms with Crippen LogP contribution in [-0.4, -0.2) is 39.5 Å². The lowest BCUT2D eigenvalue weighted by Gasteiger charge is -2.23. The molecule has 104 valence electrons. The van der Waals surface area contributed by atoms with Crippen LogP contribution >= 0.6 is 0 Å². The average Bonchev–Trinajstić information content (AvgIpc) is 3.09. The molecule has 1 unspecified atom stereocenters. The molecule has 2 heterocycles. The Balaban J connectivity index is 1.75. The Hall–Kier alpha value is -2.21. The molecular formula is C14H17N5O. The second-order valence-corrected chi connectivity index (χ2v) is 5.30. The van der Waals surface area contributed by atoms with Gasteiger partial charge in [-0.15, -0.1) is 5.10 Å². The van der Waals surface area contributed by atoms with Gasteiger partial charge in [0.15, 0.2) is 5.69 Å². The van der Waals surface area contributed by atoms with Crippen molar-refractivity contribution >= 4 is 5.91 Å². The number of nitrogens with one attached hydrogen (secondary N) is 2. The average molecular weight is 271 g/mol. The maximum Gasteiger partial charge on any atom is 0.273 e. The van der Waals surface area contributed by atoms with Crippen molar-refractivity contribution in [1.82, 2.24) is 25.6 Å². The van der Waals surface area contributed by atoms with E-state index in [9.17, 15) is 4.79 Å². The van der Waals surface area contributed by atoms with Crippen LogP contribution in [0.15, 0.2) is 36.5 Å². The zero-order valence-electron chi connectivity index (χ0n) is 11.3. The number of hydrogen-bond donors (Lipinski definition) is 2. The summed E-state index contributed by atoms with van der Waals surface area (Å²) in [5.41, 5.74) is 0.968. The van der Waals surface area contributed by atoms with E-state index in [1.54, 1.807) is 0 Å². The Morgan fingerprint density at radius 1 is 1.40 bits per heavy atom. The van der Waals surface area contributed by atoms with Gasteiger partial charge in [0.2, 0.25) is 0 Å². The van der Waals surface area contributed by atoms with E-state index in [0.29, 0.717) is 5.69 Å². The quantitative estimate of drug-likeness (QED) is 0.864. The molecule has 0 bridgehead atoms. The predicted octanol–water partition coefficient (Wildman–Crippen LogP) is 0.749. The molecular weight excluding hydrogens is 254 g/mol. The zero-order chi connectivity index (χ0) is 14.0. The molecule has 1 saturated heterocycles. The number of carbonyl (C=O) groups excluding carboxylic acids is 1. The van der Waals surface area contributed by atoms with Gasteiger partial charge in [0.25, 0.3) is 5.91 Å². The number of amides is 1. The molecule has 1 aromatic heterocycles. The van der Waals surface area contributed by atoms with E-state index in [-0.39, 0.29) is 11.4 Å². The number of nitrogens with zero attached hydrogens (tertiary/aromatic N) is 3. The molecule has 2 N–H and O–H groups in total. The fraction of sp³-hybridized carbons (Fsp3) is 0.357. The highest BCUT2D eigenvalue weighted by Gasteiger charge is 2.31. The summed E-state index contributed by atoms with van der Waals surface area (Å²) < 4.78 is 0. The van der Waals surface area contributed by atoms with E-state index in [0.717, 1.165) is 25.2 Å². The molecule has 1 aliphatic heterocycles. The van der Waals surface area contributed by atoms with Crippen LogP contribution in [-0.2, 0) is 0 Å². The highest BCUT2D eigenvalue weighted by atomic mass is 16.2. The molecule has 20 heavy (non-hydrogen) atoms. The van der Waals surface area contributed by atoms with Gasteiger partial charge in [-0.05, 0) is 32.0 Å². The minimum atomic E-state index is -0.201. The molecule has 2 aromatic rings. The van der Waals surface area contributed by atoms with Crippen LogP contribution in [0.25, 0.3) is 5.69 Å². The largest absolute Gasteiger partial charge is 0.344 e. The number of para-hydroxylation sites is 1. The fourth-order valence-electron chi connectivity index (χ4n) is 2.31. The van der Waals surface area contributed by atoms with Gasteiger partial charge in [-0.1, -0.05) is 18.2 Å². The topological polar surface area (TPSA) is 71.8 Å². The summed E-state index contributed by atoms with van der Waals surface area (Å²) in [6.07, 6.45) is 2.42. The third-order valence-electron chi connectivity index (χ3n) is 3.50. The number of hydrogen-bond acceptors (Lipinski definition) is 4. The molecule has 0 radical (unpaired) electrons.